The second-order valence-electron chi connectivity index (χ2n) is 5.44. The van der Waals surface area contributed by atoms with E-state index in [0.29, 0.717) is 0 Å². The molecule has 0 unspecified atom stereocenters. The van der Waals surface area contributed by atoms with Crippen LogP contribution in [0.3, 0.4) is 0 Å². The maximum absolute atomic E-state index is 11.8. The third-order valence-electron chi connectivity index (χ3n) is 3.76. The van der Waals surface area contributed by atoms with Crippen molar-refractivity contribution in [3.63, 3.8) is 0 Å². The van der Waals surface area contributed by atoms with Gasteiger partial charge in [-0.2, -0.15) is 0 Å². The summed E-state index contributed by atoms with van der Waals surface area (Å²) in [5.74, 6) is -0.833. The maximum Gasteiger partial charge on any atom is 0.331 e. The minimum Gasteiger partial charge on any atom is -0.452 e. The molecule has 1 N–H and O–H groups in total. The molecule has 0 spiro atoms. The molecule has 0 aliphatic carbocycles. The summed E-state index contributed by atoms with van der Waals surface area (Å²) in [5.41, 5.74) is 1.64. The first-order chi connectivity index (χ1) is 11.6. The molecule has 0 aliphatic rings. The first-order valence-electron chi connectivity index (χ1n) is 8.12. The average molecular weight is 326 g/mol. The summed E-state index contributed by atoms with van der Waals surface area (Å²) in [5, 5.41) is 3.82. The van der Waals surface area contributed by atoms with Gasteiger partial charge in [0.2, 0.25) is 0 Å². The van der Waals surface area contributed by atoms with Crippen LogP contribution in [0.15, 0.2) is 42.6 Å². The Morgan fingerprint density at radius 3 is 2.71 bits per heavy atom. The molecule has 5 heteroatoms. The first kappa shape index (κ1) is 17.7. The molecule has 0 saturated carbocycles. The van der Waals surface area contributed by atoms with Crippen molar-refractivity contribution in [3.05, 3.63) is 48.2 Å². The molecule has 126 valence electrons. The zero-order valence-corrected chi connectivity index (χ0v) is 14.0. The number of para-hydroxylation sites is 1. The van der Waals surface area contributed by atoms with Crippen LogP contribution in [0.25, 0.3) is 17.0 Å². The highest BCUT2D eigenvalue weighted by Crippen LogP contribution is 2.17. The van der Waals surface area contributed by atoms with Gasteiger partial charge in [0.15, 0.2) is 6.61 Å². The fourth-order valence-electron chi connectivity index (χ4n) is 2.37. The first-order valence-corrected chi connectivity index (χ1v) is 8.12. The van der Waals surface area contributed by atoms with Gasteiger partial charge in [0.05, 0.1) is 5.52 Å². The van der Waals surface area contributed by atoms with Gasteiger partial charge in [-0.3, -0.25) is 9.78 Å². The predicted molar refractivity (Wildman–Crippen MR) is 94.2 cm³/mol. The summed E-state index contributed by atoms with van der Waals surface area (Å²) in [6.07, 6.45) is 6.37. The lowest BCUT2D eigenvalue weighted by atomic mass is 10.1. The third kappa shape index (κ3) is 4.91. The summed E-state index contributed by atoms with van der Waals surface area (Å²) >= 11 is 0. The number of carbonyl (C=O) groups is 2. The van der Waals surface area contributed by atoms with Crippen molar-refractivity contribution in [3.8, 4) is 0 Å². The number of benzene rings is 1. The molecule has 0 aliphatic heterocycles. The van der Waals surface area contributed by atoms with Gasteiger partial charge in [-0.1, -0.05) is 38.1 Å². The van der Waals surface area contributed by atoms with Crippen molar-refractivity contribution in [2.24, 2.45) is 0 Å². The predicted octanol–water partition coefficient (Wildman–Crippen LogP) is 3.10. The third-order valence-corrected chi connectivity index (χ3v) is 3.76. The van der Waals surface area contributed by atoms with Crippen molar-refractivity contribution in [1.29, 1.82) is 0 Å². The Morgan fingerprint density at radius 2 is 1.96 bits per heavy atom. The molecule has 1 aromatic carbocycles. The van der Waals surface area contributed by atoms with Crippen LogP contribution in [0, 0.1) is 0 Å². The van der Waals surface area contributed by atoms with Crippen LogP contribution in [-0.2, 0) is 14.3 Å². The molecule has 2 aromatic rings. The van der Waals surface area contributed by atoms with Crippen LogP contribution in [0.1, 0.15) is 32.3 Å². The molecule has 0 fully saturated rings. The molecule has 0 bridgehead atoms. The quantitative estimate of drug-likeness (QED) is 0.627. The molecule has 5 nitrogen and oxygen atoms in total. The van der Waals surface area contributed by atoms with Crippen molar-refractivity contribution in [2.45, 2.75) is 32.7 Å². The van der Waals surface area contributed by atoms with Crippen molar-refractivity contribution in [2.75, 3.05) is 6.61 Å². The molecule has 1 heterocycles. The number of ether oxygens (including phenoxy) is 1. The topological polar surface area (TPSA) is 68.3 Å². The van der Waals surface area contributed by atoms with Crippen molar-refractivity contribution < 1.29 is 14.3 Å². The molecule has 24 heavy (non-hydrogen) atoms. The monoisotopic (exact) mass is 326 g/mol. The standard InChI is InChI=1S/C19H22N2O3/c1-3-16(4-2)21-17(22)13-24-18(23)11-10-15-8-5-7-14-9-6-12-20-19(14)15/h5-12,16H,3-4,13H2,1-2H3,(H,21,22)/b11-10+. The van der Waals surface area contributed by atoms with E-state index >= 15 is 0 Å². The smallest absolute Gasteiger partial charge is 0.331 e. The van der Waals surface area contributed by atoms with E-state index in [1.165, 1.54) is 6.08 Å². The number of hydrogen-bond acceptors (Lipinski definition) is 4. The number of carbonyl (C=O) groups excluding carboxylic acids is 2. The molecular formula is C19H22N2O3. The van der Waals surface area contributed by atoms with Crippen LogP contribution < -0.4 is 5.32 Å². The Kier molecular flexibility index (Phi) is 6.49. The molecular weight excluding hydrogens is 304 g/mol. The number of aromatic nitrogens is 1. The number of amides is 1. The second-order valence-corrected chi connectivity index (χ2v) is 5.44. The zero-order chi connectivity index (χ0) is 17.4. The van der Waals surface area contributed by atoms with Crippen molar-refractivity contribution >= 4 is 28.9 Å². The van der Waals surface area contributed by atoms with Crippen molar-refractivity contribution in [1.82, 2.24) is 10.3 Å². The minimum absolute atomic E-state index is 0.119. The fourth-order valence-corrected chi connectivity index (χ4v) is 2.37. The molecule has 1 aromatic heterocycles. The number of pyridine rings is 1. The lowest BCUT2D eigenvalue weighted by molar-refractivity contribution is -0.144. The lowest BCUT2D eigenvalue weighted by Crippen LogP contribution is -2.36. The van der Waals surface area contributed by atoms with E-state index in [1.54, 1.807) is 12.3 Å². The summed E-state index contributed by atoms with van der Waals surface area (Å²) in [6, 6.07) is 9.67. The summed E-state index contributed by atoms with van der Waals surface area (Å²) in [7, 11) is 0. The Hall–Kier alpha value is -2.69. The Bertz CT molecular complexity index is 731. The summed E-state index contributed by atoms with van der Waals surface area (Å²) in [4.78, 5) is 27.8. The van der Waals surface area contributed by atoms with Gasteiger partial charge in [-0.25, -0.2) is 4.79 Å². The van der Waals surface area contributed by atoms with Crippen LogP contribution >= 0.6 is 0 Å². The van der Waals surface area contributed by atoms with Crippen LogP contribution in [-0.4, -0.2) is 29.5 Å². The number of nitrogens with one attached hydrogen (secondary N) is 1. The van der Waals surface area contributed by atoms with Crippen LogP contribution in [0.5, 0.6) is 0 Å². The van der Waals surface area contributed by atoms with Crippen LogP contribution in [0.4, 0.5) is 0 Å². The molecule has 0 saturated heterocycles. The number of esters is 1. The van der Waals surface area contributed by atoms with Gasteiger partial charge in [-0.15, -0.1) is 0 Å². The number of rotatable bonds is 7. The van der Waals surface area contributed by atoms with Gasteiger partial charge < -0.3 is 10.1 Å². The Morgan fingerprint density at radius 1 is 1.21 bits per heavy atom. The van der Waals surface area contributed by atoms with Gasteiger partial charge in [0.25, 0.3) is 5.91 Å². The highest BCUT2D eigenvalue weighted by molar-refractivity contribution is 5.93. The van der Waals surface area contributed by atoms with E-state index in [2.05, 4.69) is 10.3 Å². The highest BCUT2D eigenvalue weighted by atomic mass is 16.5. The SMILES string of the molecule is CCC(CC)NC(=O)COC(=O)/C=C/c1cccc2cccnc12. The fraction of sp³-hybridized carbons (Fsp3) is 0.316. The lowest BCUT2D eigenvalue weighted by Gasteiger charge is -2.14. The zero-order valence-electron chi connectivity index (χ0n) is 14.0. The van der Waals surface area contributed by atoms with E-state index in [9.17, 15) is 9.59 Å². The average Bonchev–Trinajstić information content (AvgIpc) is 2.62. The summed E-state index contributed by atoms with van der Waals surface area (Å²) in [6.45, 7) is 3.73. The van der Waals surface area contributed by atoms with E-state index in [0.717, 1.165) is 29.3 Å². The molecule has 0 atom stereocenters. The van der Waals surface area contributed by atoms with Crippen LogP contribution in [0.2, 0.25) is 0 Å². The van der Waals surface area contributed by atoms with Gasteiger partial charge >= 0.3 is 5.97 Å². The largest absolute Gasteiger partial charge is 0.452 e. The minimum atomic E-state index is -0.553. The highest BCUT2D eigenvalue weighted by Gasteiger charge is 2.10. The van der Waals surface area contributed by atoms with E-state index in [4.69, 9.17) is 4.74 Å². The Labute approximate surface area is 141 Å². The summed E-state index contributed by atoms with van der Waals surface area (Å²) < 4.78 is 4.97. The number of nitrogens with zero attached hydrogens (tertiary/aromatic N) is 1. The van der Waals surface area contributed by atoms with Gasteiger partial charge in [-0.05, 0) is 25.0 Å². The van der Waals surface area contributed by atoms with E-state index in [-0.39, 0.29) is 18.6 Å². The second kappa shape index (κ2) is 8.82. The normalized spacial score (nSPS) is 11.1. The Balaban J connectivity index is 1.92. The molecule has 2 rings (SSSR count). The maximum atomic E-state index is 11.8. The van der Waals surface area contributed by atoms with Gasteiger partial charge in [0, 0.05) is 29.3 Å². The van der Waals surface area contributed by atoms with E-state index in [1.807, 2.05) is 44.2 Å². The van der Waals surface area contributed by atoms with Gasteiger partial charge in [0.1, 0.15) is 0 Å². The number of hydrogen-bond donors (Lipinski definition) is 1. The number of fused-ring (bicyclic) bond motifs is 1. The molecule has 0 radical (unpaired) electrons. The van der Waals surface area contributed by atoms with E-state index < -0.39 is 5.97 Å². The molecule has 1 amide bonds.